The van der Waals surface area contributed by atoms with E-state index >= 15 is 0 Å². The Kier molecular flexibility index (Phi) is 3.78. The third kappa shape index (κ3) is 2.60. The summed E-state index contributed by atoms with van der Waals surface area (Å²) in [7, 11) is 1.85. The van der Waals surface area contributed by atoms with Crippen LogP contribution in [0.2, 0.25) is 5.02 Å². The lowest BCUT2D eigenvalue weighted by Crippen LogP contribution is -2.55. The molecule has 2 rings (SSSR count). The number of aryl methyl sites for hydroxylation is 1. The lowest BCUT2D eigenvalue weighted by molar-refractivity contribution is -0.142. The molecular weight excluding hydrogens is 252 g/mol. The summed E-state index contributed by atoms with van der Waals surface area (Å²) < 4.78 is 0. The zero-order valence-corrected chi connectivity index (χ0v) is 11.3. The molecule has 0 radical (unpaired) electrons. The predicted octanol–water partition coefficient (Wildman–Crippen LogP) is 1.85. The van der Waals surface area contributed by atoms with Crippen LogP contribution in [0.3, 0.4) is 0 Å². The van der Waals surface area contributed by atoms with Crippen LogP contribution < -0.4 is 4.90 Å². The Morgan fingerprint density at radius 1 is 1.44 bits per heavy atom. The predicted molar refractivity (Wildman–Crippen MR) is 72.5 cm³/mol. The third-order valence-corrected chi connectivity index (χ3v) is 3.67. The fourth-order valence-electron chi connectivity index (χ4n) is 2.33. The van der Waals surface area contributed by atoms with Crippen molar-refractivity contribution in [2.45, 2.75) is 13.0 Å². The first-order chi connectivity index (χ1) is 8.49. The van der Waals surface area contributed by atoms with E-state index in [1.807, 2.05) is 37.1 Å². The van der Waals surface area contributed by atoms with Crippen molar-refractivity contribution in [2.24, 2.45) is 0 Å². The number of piperazine rings is 1. The highest BCUT2D eigenvalue weighted by molar-refractivity contribution is 6.30. The van der Waals surface area contributed by atoms with Crippen molar-refractivity contribution in [3.8, 4) is 0 Å². The molecule has 0 spiro atoms. The van der Waals surface area contributed by atoms with Crippen LogP contribution in [0.5, 0.6) is 0 Å². The average Bonchev–Trinajstić information content (AvgIpc) is 2.30. The Bertz CT molecular complexity index is 464. The minimum absolute atomic E-state index is 0.450. The van der Waals surface area contributed by atoms with Crippen molar-refractivity contribution < 1.29 is 9.90 Å². The summed E-state index contributed by atoms with van der Waals surface area (Å²) >= 11 is 5.94. The molecular formula is C13H17ClN2O2. The molecule has 1 aromatic carbocycles. The van der Waals surface area contributed by atoms with E-state index in [2.05, 4.69) is 4.90 Å². The van der Waals surface area contributed by atoms with Gasteiger partial charge in [0.25, 0.3) is 0 Å². The summed E-state index contributed by atoms with van der Waals surface area (Å²) in [6.07, 6.45) is 0. The SMILES string of the molecule is Cc1cc(Cl)ccc1N1CCN(C)C(C(=O)O)C1. The summed E-state index contributed by atoms with van der Waals surface area (Å²) in [6.45, 7) is 4.09. The molecule has 98 valence electrons. The Labute approximate surface area is 112 Å². The van der Waals surface area contributed by atoms with Crippen molar-refractivity contribution in [3.05, 3.63) is 28.8 Å². The van der Waals surface area contributed by atoms with Gasteiger partial charge in [0.15, 0.2) is 0 Å². The fraction of sp³-hybridized carbons (Fsp3) is 0.462. The van der Waals surface area contributed by atoms with Crippen LogP contribution in [0, 0.1) is 6.92 Å². The first-order valence-electron chi connectivity index (χ1n) is 5.93. The molecule has 0 aliphatic carbocycles. The van der Waals surface area contributed by atoms with Crippen LogP contribution in [0.1, 0.15) is 5.56 Å². The van der Waals surface area contributed by atoms with Crippen LogP contribution >= 0.6 is 11.6 Å². The van der Waals surface area contributed by atoms with Crippen LogP contribution in [0.15, 0.2) is 18.2 Å². The van der Waals surface area contributed by atoms with Gasteiger partial charge in [-0.25, -0.2) is 0 Å². The molecule has 1 aliphatic rings. The standard InChI is InChI=1S/C13H17ClN2O2/c1-9-7-10(14)3-4-11(9)16-6-5-15(2)12(8-16)13(17)18/h3-4,7,12H,5-6,8H2,1-2H3,(H,17,18). The largest absolute Gasteiger partial charge is 0.480 e. The molecule has 0 amide bonds. The summed E-state index contributed by atoms with van der Waals surface area (Å²) in [5.41, 5.74) is 2.15. The van der Waals surface area contributed by atoms with Crippen LogP contribution in [0.25, 0.3) is 0 Å². The molecule has 1 aromatic rings. The Morgan fingerprint density at radius 3 is 2.78 bits per heavy atom. The normalized spacial score (nSPS) is 21.1. The quantitative estimate of drug-likeness (QED) is 0.889. The number of hydrogen-bond donors (Lipinski definition) is 1. The highest BCUT2D eigenvalue weighted by Gasteiger charge is 2.30. The molecule has 18 heavy (non-hydrogen) atoms. The first-order valence-corrected chi connectivity index (χ1v) is 6.31. The first kappa shape index (κ1) is 13.2. The molecule has 0 saturated carbocycles. The number of anilines is 1. The number of halogens is 1. The second kappa shape index (κ2) is 5.16. The van der Waals surface area contributed by atoms with E-state index in [0.717, 1.165) is 24.3 Å². The molecule has 1 fully saturated rings. The number of aliphatic carboxylic acids is 1. The lowest BCUT2D eigenvalue weighted by Gasteiger charge is -2.39. The molecule has 4 nitrogen and oxygen atoms in total. The second-order valence-corrected chi connectivity index (χ2v) is 5.15. The van der Waals surface area contributed by atoms with Gasteiger partial charge in [-0.1, -0.05) is 11.6 Å². The molecule has 1 aliphatic heterocycles. The van der Waals surface area contributed by atoms with E-state index in [-0.39, 0.29) is 0 Å². The van der Waals surface area contributed by atoms with Crippen molar-refractivity contribution in [1.82, 2.24) is 4.90 Å². The third-order valence-electron chi connectivity index (χ3n) is 3.43. The van der Waals surface area contributed by atoms with E-state index in [0.29, 0.717) is 11.6 Å². The fourth-order valence-corrected chi connectivity index (χ4v) is 2.56. The van der Waals surface area contributed by atoms with Gasteiger partial charge in [0.05, 0.1) is 0 Å². The molecule has 1 heterocycles. The minimum Gasteiger partial charge on any atom is -0.480 e. The number of nitrogens with zero attached hydrogens (tertiary/aromatic N) is 2. The zero-order chi connectivity index (χ0) is 13.3. The van der Waals surface area contributed by atoms with Gasteiger partial charge in [0, 0.05) is 30.3 Å². The highest BCUT2D eigenvalue weighted by Crippen LogP contribution is 2.25. The van der Waals surface area contributed by atoms with Gasteiger partial charge in [-0.15, -0.1) is 0 Å². The molecule has 1 saturated heterocycles. The molecule has 1 N–H and O–H groups in total. The van der Waals surface area contributed by atoms with Gasteiger partial charge >= 0.3 is 5.97 Å². The summed E-state index contributed by atoms with van der Waals surface area (Å²) in [6, 6.07) is 5.26. The van der Waals surface area contributed by atoms with E-state index in [1.165, 1.54) is 0 Å². The van der Waals surface area contributed by atoms with Crippen LogP contribution in [-0.4, -0.2) is 48.7 Å². The summed E-state index contributed by atoms with van der Waals surface area (Å²) in [5.74, 6) is -0.770. The van der Waals surface area contributed by atoms with Crippen molar-refractivity contribution >= 4 is 23.3 Å². The maximum Gasteiger partial charge on any atom is 0.322 e. The van der Waals surface area contributed by atoms with Gasteiger partial charge in [0.1, 0.15) is 6.04 Å². The number of carbonyl (C=O) groups is 1. The molecule has 5 heteroatoms. The van der Waals surface area contributed by atoms with Crippen molar-refractivity contribution in [3.63, 3.8) is 0 Å². The highest BCUT2D eigenvalue weighted by atomic mass is 35.5. The van der Waals surface area contributed by atoms with E-state index in [1.54, 1.807) is 0 Å². The molecule has 0 aromatic heterocycles. The molecule has 0 bridgehead atoms. The number of hydrogen-bond acceptors (Lipinski definition) is 3. The number of rotatable bonds is 2. The average molecular weight is 269 g/mol. The Morgan fingerprint density at radius 2 is 2.17 bits per heavy atom. The Hall–Kier alpha value is -1.26. The van der Waals surface area contributed by atoms with E-state index in [9.17, 15) is 9.90 Å². The number of likely N-dealkylation sites (N-methyl/N-ethyl adjacent to an activating group) is 1. The van der Waals surface area contributed by atoms with E-state index < -0.39 is 12.0 Å². The summed E-state index contributed by atoms with van der Waals surface area (Å²) in [5, 5.41) is 9.91. The van der Waals surface area contributed by atoms with Gasteiger partial charge < -0.3 is 10.0 Å². The number of carboxylic acids is 1. The number of carboxylic acid groups (broad SMARTS) is 1. The second-order valence-electron chi connectivity index (χ2n) is 4.71. The lowest BCUT2D eigenvalue weighted by atomic mass is 10.1. The summed E-state index contributed by atoms with van der Waals surface area (Å²) in [4.78, 5) is 15.2. The van der Waals surface area contributed by atoms with Gasteiger partial charge in [-0.2, -0.15) is 0 Å². The van der Waals surface area contributed by atoms with Crippen LogP contribution in [-0.2, 0) is 4.79 Å². The van der Waals surface area contributed by atoms with Gasteiger partial charge in [0.2, 0.25) is 0 Å². The zero-order valence-electron chi connectivity index (χ0n) is 10.6. The van der Waals surface area contributed by atoms with Gasteiger partial charge in [-0.3, -0.25) is 9.69 Å². The van der Waals surface area contributed by atoms with E-state index in [4.69, 9.17) is 11.6 Å². The maximum absolute atomic E-state index is 11.2. The van der Waals surface area contributed by atoms with Crippen LogP contribution in [0.4, 0.5) is 5.69 Å². The molecule has 1 atom stereocenters. The van der Waals surface area contributed by atoms with Crippen molar-refractivity contribution in [1.29, 1.82) is 0 Å². The monoisotopic (exact) mass is 268 g/mol. The van der Waals surface area contributed by atoms with Crippen molar-refractivity contribution in [2.75, 3.05) is 31.6 Å². The minimum atomic E-state index is -0.770. The topological polar surface area (TPSA) is 43.8 Å². The van der Waals surface area contributed by atoms with Gasteiger partial charge in [-0.05, 0) is 37.7 Å². The smallest absolute Gasteiger partial charge is 0.322 e. The number of benzene rings is 1. The maximum atomic E-state index is 11.2. The molecule has 1 unspecified atom stereocenters. The Balaban J connectivity index is 2.21.